The second-order valence-corrected chi connectivity index (χ2v) is 6.87. The van der Waals surface area contributed by atoms with Crippen molar-refractivity contribution in [1.82, 2.24) is 9.80 Å². The van der Waals surface area contributed by atoms with E-state index >= 15 is 0 Å². The standard InChI is InChI=1S/C18H27N3O/c1-14-12-20(13-15-5-3-2-4-6-15)9-10-21(14)18(22)16-7-8-17(19)11-16/h2-6,14,16-17H,7-13,19H2,1H3/t14-,16+,17-/m1/s1. The molecule has 0 radical (unpaired) electrons. The Kier molecular flexibility index (Phi) is 4.79. The van der Waals surface area contributed by atoms with Crippen molar-refractivity contribution < 1.29 is 4.79 Å². The zero-order valence-corrected chi connectivity index (χ0v) is 13.4. The van der Waals surface area contributed by atoms with Gasteiger partial charge in [-0.2, -0.15) is 0 Å². The number of nitrogens with two attached hydrogens (primary N) is 1. The third-order valence-corrected chi connectivity index (χ3v) is 5.07. The van der Waals surface area contributed by atoms with E-state index in [1.165, 1.54) is 5.56 Å². The van der Waals surface area contributed by atoms with Gasteiger partial charge in [0.25, 0.3) is 0 Å². The third-order valence-electron chi connectivity index (χ3n) is 5.07. The normalized spacial score (nSPS) is 29.7. The molecule has 120 valence electrons. The first-order valence-electron chi connectivity index (χ1n) is 8.46. The summed E-state index contributed by atoms with van der Waals surface area (Å²) in [4.78, 5) is 17.2. The van der Waals surface area contributed by atoms with Gasteiger partial charge < -0.3 is 10.6 Å². The second kappa shape index (κ2) is 6.80. The molecule has 0 aromatic heterocycles. The summed E-state index contributed by atoms with van der Waals surface area (Å²) >= 11 is 0. The largest absolute Gasteiger partial charge is 0.337 e. The first-order valence-corrected chi connectivity index (χ1v) is 8.46. The average molecular weight is 301 g/mol. The summed E-state index contributed by atoms with van der Waals surface area (Å²) in [7, 11) is 0. The Hall–Kier alpha value is -1.39. The predicted octanol–water partition coefficient (Wildman–Crippen LogP) is 1.85. The highest BCUT2D eigenvalue weighted by molar-refractivity contribution is 5.79. The van der Waals surface area contributed by atoms with Crippen molar-refractivity contribution in [2.45, 2.75) is 44.8 Å². The predicted molar refractivity (Wildman–Crippen MR) is 88.2 cm³/mol. The lowest BCUT2D eigenvalue weighted by Gasteiger charge is -2.41. The smallest absolute Gasteiger partial charge is 0.226 e. The van der Waals surface area contributed by atoms with Gasteiger partial charge in [0, 0.05) is 44.2 Å². The lowest BCUT2D eigenvalue weighted by molar-refractivity contribution is -0.140. The molecule has 4 nitrogen and oxygen atoms in total. The summed E-state index contributed by atoms with van der Waals surface area (Å²) in [6.07, 6.45) is 2.84. The topological polar surface area (TPSA) is 49.6 Å². The summed E-state index contributed by atoms with van der Waals surface area (Å²) in [5.41, 5.74) is 7.30. The van der Waals surface area contributed by atoms with Crippen molar-refractivity contribution >= 4 is 5.91 Å². The van der Waals surface area contributed by atoms with E-state index < -0.39 is 0 Å². The van der Waals surface area contributed by atoms with Crippen molar-refractivity contribution in [3.63, 3.8) is 0 Å². The van der Waals surface area contributed by atoms with Gasteiger partial charge in [-0.1, -0.05) is 30.3 Å². The fourth-order valence-electron chi connectivity index (χ4n) is 3.82. The fraction of sp³-hybridized carbons (Fsp3) is 0.611. The van der Waals surface area contributed by atoms with Crippen LogP contribution in [0, 0.1) is 5.92 Å². The highest BCUT2D eigenvalue weighted by Gasteiger charge is 2.35. The number of amides is 1. The second-order valence-electron chi connectivity index (χ2n) is 6.87. The summed E-state index contributed by atoms with van der Waals surface area (Å²) in [5, 5.41) is 0. The molecule has 3 atom stereocenters. The van der Waals surface area contributed by atoms with E-state index in [0.717, 1.165) is 45.4 Å². The molecule has 1 saturated heterocycles. The van der Waals surface area contributed by atoms with Gasteiger partial charge in [-0.15, -0.1) is 0 Å². The number of carbonyl (C=O) groups is 1. The number of nitrogens with zero attached hydrogens (tertiary/aromatic N) is 2. The van der Waals surface area contributed by atoms with Gasteiger partial charge >= 0.3 is 0 Å². The van der Waals surface area contributed by atoms with Crippen LogP contribution in [0.2, 0.25) is 0 Å². The Balaban J connectivity index is 1.55. The van der Waals surface area contributed by atoms with E-state index in [2.05, 4.69) is 47.1 Å². The molecule has 1 aliphatic carbocycles. The molecule has 4 heteroatoms. The number of carbonyl (C=O) groups excluding carboxylic acids is 1. The van der Waals surface area contributed by atoms with Crippen LogP contribution in [0.1, 0.15) is 31.7 Å². The molecule has 0 bridgehead atoms. The molecule has 0 unspecified atom stereocenters. The van der Waals surface area contributed by atoms with Gasteiger partial charge in [0.15, 0.2) is 0 Å². The van der Waals surface area contributed by atoms with E-state index in [-0.39, 0.29) is 12.0 Å². The summed E-state index contributed by atoms with van der Waals surface area (Å²) < 4.78 is 0. The Morgan fingerprint density at radius 3 is 2.64 bits per heavy atom. The minimum absolute atomic E-state index is 0.165. The molecule has 1 aromatic carbocycles. The molecular weight excluding hydrogens is 274 g/mol. The number of benzene rings is 1. The molecular formula is C18H27N3O. The molecule has 1 heterocycles. The van der Waals surface area contributed by atoms with Crippen LogP contribution < -0.4 is 5.73 Å². The van der Waals surface area contributed by atoms with Crippen LogP contribution >= 0.6 is 0 Å². The van der Waals surface area contributed by atoms with E-state index in [1.54, 1.807) is 0 Å². The minimum atomic E-state index is 0.165. The highest BCUT2D eigenvalue weighted by Crippen LogP contribution is 2.27. The van der Waals surface area contributed by atoms with Crippen LogP contribution in [0.5, 0.6) is 0 Å². The number of hydrogen-bond acceptors (Lipinski definition) is 3. The molecule has 1 amide bonds. The fourth-order valence-corrected chi connectivity index (χ4v) is 3.82. The van der Waals surface area contributed by atoms with Gasteiger partial charge in [0.2, 0.25) is 5.91 Å². The Labute approximate surface area is 133 Å². The zero-order valence-electron chi connectivity index (χ0n) is 13.4. The molecule has 1 aromatic rings. The van der Waals surface area contributed by atoms with Crippen molar-refractivity contribution in [3.05, 3.63) is 35.9 Å². The number of rotatable bonds is 3. The number of hydrogen-bond donors (Lipinski definition) is 1. The van der Waals surface area contributed by atoms with Gasteiger partial charge in [-0.05, 0) is 31.7 Å². The van der Waals surface area contributed by atoms with Crippen LogP contribution in [0.25, 0.3) is 0 Å². The molecule has 22 heavy (non-hydrogen) atoms. The third kappa shape index (κ3) is 3.50. The molecule has 3 rings (SSSR count). The van der Waals surface area contributed by atoms with Crippen molar-refractivity contribution in [3.8, 4) is 0 Å². The quantitative estimate of drug-likeness (QED) is 0.927. The van der Waals surface area contributed by atoms with Crippen LogP contribution in [-0.4, -0.2) is 47.4 Å². The summed E-state index contributed by atoms with van der Waals surface area (Å²) in [5.74, 6) is 0.498. The lowest BCUT2D eigenvalue weighted by atomic mass is 10.0. The van der Waals surface area contributed by atoms with Gasteiger partial charge in [-0.3, -0.25) is 9.69 Å². The molecule has 1 saturated carbocycles. The lowest BCUT2D eigenvalue weighted by Crippen LogP contribution is -2.54. The molecule has 2 fully saturated rings. The van der Waals surface area contributed by atoms with Crippen LogP contribution in [-0.2, 0) is 11.3 Å². The maximum Gasteiger partial charge on any atom is 0.226 e. The van der Waals surface area contributed by atoms with Crippen molar-refractivity contribution in [2.75, 3.05) is 19.6 Å². The molecule has 1 aliphatic heterocycles. The van der Waals surface area contributed by atoms with Crippen LogP contribution in [0.3, 0.4) is 0 Å². The Morgan fingerprint density at radius 2 is 2.00 bits per heavy atom. The maximum atomic E-state index is 12.7. The first kappa shape index (κ1) is 15.5. The minimum Gasteiger partial charge on any atom is -0.337 e. The van der Waals surface area contributed by atoms with E-state index in [0.29, 0.717) is 11.9 Å². The summed E-state index contributed by atoms with van der Waals surface area (Å²) in [6, 6.07) is 11.1. The molecule has 2 N–H and O–H groups in total. The van der Waals surface area contributed by atoms with Crippen molar-refractivity contribution in [2.24, 2.45) is 11.7 Å². The van der Waals surface area contributed by atoms with Crippen LogP contribution in [0.15, 0.2) is 30.3 Å². The first-order chi connectivity index (χ1) is 10.6. The molecule has 2 aliphatic rings. The molecule has 0 spiro atoms. The van der Waals surface area contributed by atoms with Crippen LogP contribution in [0.4, 0.5) is 0 Å². The monoisotopic (exact) mass is 301 g/mol. The van der Waals surface area contributed by atoms with E-state index in [4.69, 9.17) is 5.73 Å². The average Bonchev–Trinajstić information content (AvgIpc) is 2.94. The SMILES string of the molecule is C[C@@H]1CN(Cc2ccccc2)CCN1C(=O)[C@H]1CC[C@@H](N)C1. The van der Waals surface area contributed by atoms with Crippen molar-refractivity contribution in [1.29, 1.82) is 0 Å². The van der Waals surface area contributed by atoms with E-state index in [9.17, 15) is 4.79 Å². The zero-order chi connectivity index (χ0) is 15.5. The van der Waals surface area contributed by atoms with Gasteiger partial charge in [-0.25, -0.2) is 0 Å². The number of piperazine rings is 1. The summed E-state index contributed by atoms with van der Waals surface area (Å²) in [6.45, 7) is 5.91. The maximum absolute atomic E-state index is 12.7. The Bertz CT molecular complexity index is 504. The highest BCUT2D eigenvalue weighted by atomic mass is 16.2. The van der Waals surface area contributed by atoms with Gasteiger partial charge in [0.1, 0.15) is 0 Å². The van der Waals surface area contributed by atoms with Gasteiger partial charge in [0.05, 0.1) is 0 Å². The Morgan fingerprint density at radius 1 is 1.23 bits per heavy atom. The van der Waals surface area contributed by atoms with E-state index in [1.807, 2.05) is 0 Å².